The first kappa shape index (κ1) is 21.6. The summed E-state index contributed by atoms with van der Waals surface area (Å²) in [5.74, 6) is 0.592. The van der Waals surface area contributed by atoms with Crippen molar-refractivity contribution in [3.05, 3.63) is 64.2 Å². The SMILES string of the molecule is COc1ccc(C(=O)CN2CCC(O)(c3ccc(Cl)c(C(F)(F)F)c3)CC2)cc1. The topological polar surface area (TPSA) is 49.8 Å². The Morgan fingerprint density at radius 3 is 2.34 bits per heavy atom. The Bertz CT molecular complexity index is 876. The molecule has 29 heavy (non-hydrogen) atoms. The number of hydrogen-bond acceptors (Lipinski definition) is 4. The number of carbonyl (C=O) groups is 1. The summed E-state index contributed by atoms with van der Waals surface area (Å²) in [7, 11) is 1.55. The number of alkyl halides is 3. The van der Waals surface area contributed by atoms with E-state index in [9.17, 15) is 23.1 Å². The van der Waals surface area contributed by atoms with Gasteiger partial charge in [0.2, 0.25) is 0 Å². The number of halogens is 4. The first-order chi connectivity index (χ1) is 13.6. The highest BCUT2D eigenvalue weighted by Crippen LogP contribution is 2.39. The van der Waals surface area contributed by atoms with Gasteiger partial charge in [-0.3, -0.25) is 9.69 Å². The van der Waals surface area contributed by atoms with Crippen LogP contribution in [-0.2, 0) is 11.8 Å². The van der Waals surface area contributed by atoms with Crippen molar-refractivity contribution in [2.75, 3.05) is 26.7 Å². The zero-order valence-corrected chi connectivity index (χ0v) is 16.6. The molecule has 1 heterocycles. The van der Waals surface area contributed by atoms with Crippen LogP contribution in [0.25, 0.3) is 0 Å². The van der Waals surface area contributed by atoms with Gasteiger partial charge in [0.25, 0.3) is 0 Å². The number of Topliss-reactive ketones (excluding diaryl/α,β-unsaturated/α-hetero) is 1. The third kappa shape index (κ3) is 4.91. The lowest BCUT2D eigenvalue weighted by Gasteiger charge is -2.38. The lowest BCUT2D eigenvalue weighted by atomic mass is 9.83. The van der Waals surface area contributed by atoms with Crippen LogP contribution in [-0.4, -0.2) is 42.5 Å². The van der Waals surface area contributed by atoms with Gasteiger partial charge < -0.3 is 9.84 Å². The second-order valence-corrected chi connectivity index (χ2v) is 7.56. The average Bonchev–Trinajstić information content (AvgIpc) is 2.69. The van der Waals surface area contributed by atoms with Crippen LogP contribution in [0.1, 0.15) is 34.3 Å². The molecule has 0 aliphatic carbocycles. The fourth-order valence-corrected chi connectivity index (χ4v) is 3.70. The van der Waals surface area contributed by atoms with Crippen molar-refractivity contribution in [3.63, 3.8) is 0 Å². The number of ketones is 1. The van der Waals surface area contributed by atoms with Crippen LogP contribution < -0.4 is 4.74 Å². The first-order valence-electron chi connectivity index (χ1n) is 9.11. The molecule has 4 nitrogen and oxygen atoms in total. The van der Waals surface area contributed by atoms with E-state index in [2.05, 4.69) is 0 Å². The lowest BCUT2D eigenvalue weighted by molar-refractivity contribution is -0.137. The monoisotopic (exact) mass is 427 g/mol. The number of aliphatic hydroxyl groups is 1. The highest BCUT2D eigenvalue weighted by atomic mass is 35.5. The van der Waals surface area contributed by atoms with Crippen molar-refractivity contribution in [2.45, 2.75) is 24.6 Å². The third-order valence-corrected chi connectivity index (χ3v) is 5.60. The largest absolute Gasteiger partial charge is 0.497 e. The van der Waals surface area contributed by atoms with Gasteiger partial charge in [0.1, 0.15) is 5.75 Å². The Morgan fingerprint density at radius 1 is 1.17 bits per heavy atom. The summed E-state index contributed by atoms with van der Waals surface area (Å²) in [6.07, 6.45) is -4.14. The van der Waals surface area contributed by atoms with E-state index in [0.29, 0.717) is 24.4 Å². The number of hydrogen-bond donors (Lipinski definition) is 1. The summed E-state index contributed by atoms with van der Waals surface area (Å²) >= 11 is 5.67. The number of piperidine rings is 1. The van der Waals surface area contributed by atoms with Gasteiger partial charge in [-0.25, -0.2) is 0 Å². The molecule has 0 bridgehead atoms. The molecule has 0 amide bonds. The minimum atomic E-state index is -4.59. The molecule has 1 aliphatic heterocycles. The van der Waals surface area contributed by atoms with Crippen molar-refractivity contribution in [1.29, 1.82) is 0 Å². The molecule has 0 spiro atoms. The van der Waals surface area contributed by atoms with Gasteiger partial charge in [0, 0.05) is 18.7 Å². The van der Waals surface area contributed by atoms with Crippen LogP contribution in [0.3, 0.4) is 0 Å². The zero-order chi connectivity index (χ0) is 21.2. The summed E-state index contributed by atoms with van der Waals surface area (Å²) in [6, 6.07) is 10.3. The Kier molecular flexibility index (Phi) is 6.22. The first-order valence-corrected chi connectivity index (χ1v) is 9.49. The summed E-state index contributed by atoms with van der Waals surface area (Å²) in [5.41, 5.74) is -1.60. The van der Waals surface area contributed by atoms with Crippen LogP contribution in [0.15, 0.2) is 42.5 Å². The maximum atomic E-state index is 13.1. The Morgan fingerprint density at radius 2 is 1.79 bits per heavy atom. The van der Waals surface area contributed by atoms with Crippen LogP contribution in [0, 0.1) is 0 Å². The maximum Gasteiger partial charge on any atom is 0.417 e. The van der Waals surface area contributed by atoms with E-state index in [-0.39, 0.29) is 30.7 Å². The number of benzene rings is 2. The molecular weight excluding hydrogens is 407 g/mol. The Balaban J connectivity index is 1.65. The van der Waals surface area contributed by atoms with Crippen LogP contribution in [0.5, 0.6) is 5.75 Å². The number of likely N-dealkylation sites (tertiary alicyclic amines) is 1. The van der Waals surface area contributed by atoms with E-state index < -0.39 is 22.4 Å². The molecule has 2 aromatic carbocycles. The molecule has 0 radical (unpaired) electrons. The minimum absolute atomic E-state index is 0.0658. The van der Waals surface area contributed by atoms with Gasteiger partial charge in [-0.15, -0.1) is 0 Å². The summed E-state index contributed by atoms with van der Waals surface area (Å²) in [4.78, 5) is 14.3. The van der Waals surface area contributed by atoms with Crippen LogP contribution in [0.4, 0.5) is 13.2 Å². The van der Waals surface area contributed by atoms with Gasteiger partial charge in [-0.1, -0.05) is 17.7 Å². The fraction of sp³-hybridized carbons (Fsp3) is 0.381. The van der Waals surface area contributed by atoms with Crippen molar-refractivity contribution < 1.29 is 27.8 Å². The van der Waals surface area contributed by atoms with E-state index >= 15 is 0 Å². The molecule has 2 aromatic rings. The van der Waals surface area contributed by atoms with Gasteiger partial charge >= 0.3 is 6.18 Å². The lowest BCUT2D eigenvalue weighted by Crippen LogP contribution is -2.44. The molecule has 1 N–H and O–H groups in total. The number of carbonyl (C=O) groups excluding carboxylic acids is 1. The predicted octanol–water partition coefficient (Wildman–Crippen LogP) is 4.53. The highest BCUT2D eigenvalue weighted by molar-refractivity contribution is 6.31. The van der Waals surface area contributed by atoms with Crippen LogP contribution >= 0.6 is 11.6 Å². The van der Waals surface area contributed by atoms with Crippen molar-refractivity contribution in [1.82, 2.24) is 4.90 Å². The van der Waals surface area contributed by atoms with Gasteiger partial charge in [-0.2, -0.15) is 13.2 Å². The van der Waals surface area contributed by atoms with Crippen molar-refractivity contribution >= 4 is 17.4 Å². The minimum Gasteiger partial charge on any atom is -0.497 e. The van der Waals surface area contributed by atoms with E-state index in [4.69, 9.17) is 16.3 Å². The maximum absolute atomic E-state index is 13.1. The second kappa shape index (κ2) is 8.34. The molecule has 8 heteroatoms. The standard InChI is InChI=1S/C21H21ClF3NO3/c1-29-16-5-2-14(3-6-16)19(27)13-26-10-8-20(28,9-11-26)15-4-7-18(22)17(12-15)21(23,24)25/h2-7,12,28H,8-11,13H2,1H3. The molecule has 1 fully saturated rings. The Labute approximate surface area is 171 Å². The number of nitrogens with zero attached hydrogens (tertiary/aromatic N) is 1. The van der Waals surface area contributed by atoms with E-state index in [1.165, 1.54) is 6.07 Å². The molecule has 156 valence electrons. The molecule has 1 aliphatic rings. The van der Waals surface area contributed by atoms with Crippen LogP contribution in [0.2, 0.25) is 5.02 Å². The predicted molar refractivity (Wildman–Crippen MR) is 103 cm³/mol. The molecule has 0 atom stereocenters. The van der Waals surface area contributed by atoms with E-state index in [1.54, 1.807) is 31.4 Å². The van der Waals surface area contributed by atoms with Gasteiger partial charge in [0.15, 0.2) is 5.78 Å². The quantitative estimate of drug-likeness (QED) is 0.712. The summed E-state index contributed by atoms with van der Waals surface area (Å²) in [6.45, 7) is 0.960. The average molecular weight is 428 g/mol. The molecule has 3 rings (SSSR count). The summed E-state index contributed by atoms with van der Waals surface area (Å²) in [5, 5.41) is 10.5. The van der Waals surface area contributed by atoms with Gasteiger partial charge in [0.05, 0.1) is 29.8 Å². The molecule has 0 saturated carbocycles. The molecular formula is C21H21ClF3NO3. The fourth-order valence-electron chi connectivity index (χ4n) is 3.47. The number of methoxy groups -OCH3 is 1. The highest BCUT2D eigenvalue weighted by Gasteiger charge is 2.38. The molecule has 0 unspecified atom stereocenters. The van der Waals surface area contributed by atoms with Crippen molar-refractivity contribution in [3.8, 4) is 5.75 Å². The smallest absolute Gasteiger partial charge is 0.417 e. The Hall–Kier alpha value is -2.09. The van der Waals surface area contributed by atoms with E-state index in [1.807, 2.05) is 4.90 Å². The van der Waals surface area contributed by atoms with E-state index in [0.717, 1.165) is 12.1 Å². The number of ether oxygens (including phenoxy) is 1. The summed E-state index contributed by atoms with van der Waals surface area (Å²) < 4.78 is 44.4. The number of rotatable bonds is 5. The molecule has 0 aromatic heterocycles. The second-order valence-electron chi connectivity index (χ2n) is 7.15. The van der Waals surface area contributed by atoms with Gasteiger partial charge in [-0.05, 0) is 54.8 Å². The normalized spacial score (nSPS) is 17.2. The molecule has 1 saturated heterocycles. The zero-order valence-electron chi connectivity index (χ0n) is 15.8. The van der Waals surface area contributed by atoms with Crippen molar-refractivity contribution in [2.24, 2.45) is 0 Å². The third-order valence-electron chi connectivity index (χ3n) is 5.27.